The van der Waals surface area contributed by atoms with Crippen molar-refractivity contribution in [3.8, 4) is 11.1 Å². The molecule has 184 valence electrons. The van der Waals surface area contributed by atoms with Crippen LogP contribution in [0.5, 0.6) is 0 Å². The number of benzene rings is 2. The van der Waals surface area contributed by atoms with E-state index in [0.717, 1.165) is 24.0 Å². The van der Waals surface area contributed by atoms with Crippen molar-refractivity contribution in [1.29, 1.82) is 0 Å². The zero-order chi connectivity index (χ0) is 24.4. The molecule has 2 aromatic carbocycles. The zero-order valence-electron chi connectivity index (χ0n) is 19.8. The third-order valence-corrected chi connectivity index (χ3v) is 8.07. The molecular weight excluding hydrogens is 444 g/mol. The number of aliphatic carboxylic acids is 1. The number of carbonyl (C=O) groups is 3. The number of rotatable bonds is 7. The molecule has 5 rings (SSSR count). The van der Waals surface area contributed by atoms with E-state index in [0.29, 0.717) is 32.1 Å². The molecule has 0 aromatic heterocycles. The van der Waals surface area contributed by atoms with Crippen LogP contribution >= 0.6 is 0 Å². The van der Waals surface area contributed by atoms with Crippen molar-refractivity contribution in [2.45, 2.75) is 56.9 Å². The molecule has 3 aliphatic carbocycles. The van der Waals surface area contributed by atoms with Crippen LogP contribution in [0.25, 0.3) is 11.1 Å². The molecule has 7 heteroatoms. The van der Waals surface area contributed by atoms with E-state index in [1.54, 1.807) is 0 Å². The van der Waals surface area contributed by atoms with Crippen molar-refractivity contribution in [3.63, 3.8) is 0 Å². The maximum absolute atomic E-state index is 13.2. The van der Waals surface area contributed by atoms with E-state index in [1.807, 2.05) is 24.3 Å². The highest BCUT2D eigenvalue weighted by molar-refractivity contribution is 5.84. The molecule has 0 heterocycles. The standard InChI is InChI=1S/C28H32N2O5/c31-25(32)18-11-12-19(15-18)30-26(33)28(13-5-6-14-28)17-29-27(34)35-16-24-22-9-3-1-7-20(22)21-8-2-4-10-23(21)24/h1-4,7-10,18-19,24H,5-6,11-17H2,(H,29,34)(H,30,33)(H,31,32)/t18-,19+/m0/s1. The van der Waals surface area contributed by atoms with Crippen LogP contribution < -0.4 is 10.6 Å². The summed E-state index contributed by atoms with van der Waals surface area (Å²) in [6, 6.07) is 16.3. The van der Waals surface area contributed by atoms with Gasteiger partial charge < -0.3 is 20.5 Å². The third kappa shape index (κ3) is 4.64. The summed E-state index contributed by atoms with van der Waals surface area (Å²) in [5.41, 5.74) is 4.01. The minimum absolute atomic E-state index is 0.0126. The van der Waals surface area contributed by atoms with Crippen molar-refractivity contribution in [2.24, 2.45) is 11.3 Å². The summed E-state index contributed by atoms with van der Waals surface area (Å²) < 4.78 is 5.65. The van der Waals surface area contributed by atoms with Gasteiger partial charge in [0.2, 0.25) is 5.91 Å². The Morgan fingerprint density at radius 3 is 2.17 bits per heavy atom. The average molecular weight is 477 g/mol. The van der Waals surface area contributed by atoms with E-state index in [2.05, 4.69) is 34.9 Å². The lowest BCUT2D eigenvalue weighted by atomic mass is 9.84. The molecule has 3 aliphatic rings. The van der Waals surface area contributed by atoms with Crippen LogP contribution in [0, 0.1) is 11.3 Å². The van der Waals surface area contributed by atoms with Gasteiger partial charge in [0.05, 0.1) is 11.3 Å². The van der Waals surface area contributed by atoms with E-state index >= 15 is 0 Å². The molecule has 2 amide bonds. The second kappa shape index (κ2) is 9.72. The molecule has 7 nitrogen and oxygen atoms in total. The molecule has 0 spiro atoms. The first kappa shape index (κ1) is 23.4. The van der Waals surface area contributed by atoms with Gasteiger partial charge in [-0.1, -0.05) is 61.4 Å². The number of carboxylic acid groups (broad SMARTS) is 1. The van der Waals surface area contributed by atoms with Gasteiger partial charge in [0.1, 0.15) is 6.61 Å². The van der Waals surface area contributed by atoms with E-state index < -0.39 is 23.4 Å². The number of carbonyl (C=O) groups excluding carboxylic acids is 2. The number of hydrogen-bond donors (Lipinski definition) is 3. The number of nitrogens with one attached hydrogen (secondary N) is 2. The maximum Gasteiger partial charge on any atom is 0.407 e. The Labute approximate surface area is 205 Å². The van der Waals surface area contributed by atoms with Crippen LogP contribution in [0.3, 0.4) is 0 Å². The minimum atomic E-state index is -0.797. The van der Waals surface area contributed by atoms with Gasteiger partial charge in [-0.25, -0.2) is 4.79 Å². The van der Waals surface area contributed by atoms with Crippen LogP contribution in [0.1, 0.15) is 62.0 Å². The predicted octanol–water partition coefficient (Wildman–Crippen LogP) is 4.46. The summed E-state index contributed by atoms with van der Waals surface area (Å²) >= 11 is 0. The van der Waals surface area contributed by atoms with Crippen LogP contribution in [0.2, 0.25) is 0 Å². The van der Waals surface area contributed by atoms with Crippen molar-refractivity contribution < 1.29 is 24.2 Å². The summed E-state index contributed by atoms with van der Waals surface area (Å²) in [5, 5.41) is 15.2. The molecule has 2 fully saturated rings. The van der Waals surface area contributed by atoms with Crippen LogP contribution in [-0.2, 0) is 14.3 Å². The molecule has 0 radical (unpaired) electrons. The first-order valence-electron chi connectivity index (χ1n) is 12.6. The molecule has 3 N–H and O–H groups in total. The normalized spacial score (nSPS) is 22.3. The largest absolute Gasteiger partial charge is 0.481 e. The fourth-order valence-electron chi connectivity index (χ4n) is 6.10. The smallest absolute Gasteiger partial charge is 0.407 e. The van der Waals surface area contributed by atoms with Crippen LogP contribution in [-0.4, -0.2) is 42.3 Å². The highest BCUT2D eigenvalue weighted by atomic mass is 16.5. The number of alkyl carbamates (subject to hydrolysis) is 1. The van der Waals surface area contributed by atoms with Gasteiger partial charge in [-0.15, -0.1) is 0 Å². The highest BCUT2D eigenvalue weighted by Crippen LogP contribution is 2.44. The Kier molecular flexibility index (Phi) is 6.50. The van der Waals surface area contributed by atoms with Gasteiger partial charge in [0.25, 0.3) is 0 Å². The summed E-state index contributed by atoms with van der Waals surface area (Å²) in [6.07, 6.45) is 4.50. The summed E-state index contributed by atoms with van der Waals surface area (Å²) in [5.74, 6) is -1.28. The Morgan fingerprint density at radius 1 is 0.943 bits per heavy atom. The lowest BCUT2D eigenvalue weighted by Gasteiger charge is -2.29. The molecule has 0 aliphatic heterocycles. The lowest BCUT2D eigenvalue weighted by Crippen LogP contribution is -2.49. The second-order valence-electron chi connectivity index (χ2n) is 10.2. The van der Waals surface area contributed by atoms with Crippen molar-refractivity contribution >= 4 is 18.0 Å². The Hall–Kier alpha value is -3.35. The van der Waals surface area contributed by atoms with Crippen molar-refractivity contribution in [3.05, 3.63) is 59.7 Å². The van der Waals surface area contributed by atoms with E-state index in [9.17, 15) is 19.5 Å². The van der Waals surface area contributed by atoms with Crippen molar-refractivity contribution in [2.75, 3.05) is 13.2 Å². The van der Waals surface area contributed by atoms with Gasteiger partial charge in [-0.05, 0) is 54.4 Å². The number of amides is 2. The molecule has 0 saturated heterocycles. The van der Waals surface area contributed by atoms with Gasteiger partial charge in [-0.2, -0.15) is 0 Å². The summed E-state index contributed by atoms with van der Waals surface area (Å²) in [7, 11) is 0. The maximum atomic E-state index is 13.2. The summed E-state index contributed by atoms with van der Waals surface area (Å²) in [4.78, 5) is 37.1. The lowest BCUT2D eigenvalue weighted by molar-refractivity contribution is -0.141. The number of hydrogen-bond acceptors (Lipinski definition) is 4. The van der Waals surface area contributed by atoms with E-state index in [-0.39, 0.29) is 31.0 Å². The average Bonchev–Trinajstić information content (AvgIpc) is 3.60. The van der Waals surface area contributed by atoms with Crippen LogP contribution in [0.4, 0.5) is 4.79 Å². The SMILES string of the molecule is O=C(NCC1(C(=O)N[C@@H]2CC[C@H](C(=O)O)C2)CCCC1)OCC1c2ccccc2-c2ccccc21. The first-order valence-corrected chi connectivity index (χ1v) is 12.6. The summed E-state index contributed by atoms with van der Waals surface area (Å²) in [6.45, 7) is 0.461. The molecular formula is C28H32N2O5. The third-order valence-electron chi connectivity index (χ3n) is 8.07. The Morgan fingerprint density at radius 2 is 1.57 bits per heavy atom. The fourth-order valence-corrected chi connectivity index (χ4v) is 6.10. The van der Waals surface area contributed by atoms with Crippen molar-refractivity contribution in [1.82, 2.24) is 10.6 Å². The molecule has 2 saturated carbocycles. The Bertz CT molecular complexity index is 1080. The number of carboxylic acids is 1. The fraction of sp³-hybridized carbons (Fsp3) is 0.464. The van der Waals surface area contributed by atoms with Crippen LogP contribution in [0.15, 0.2) is 48.5 Å². The number of fused-ring (bicyclic) bond motifs is 3. The molecule has 2 aromatic rings. The first-order chi connectivity index (χ1) is 17.0. The van der Waals surface area contributed by atoms with E-state index in [4.69, 9.17) is 4.74 Å². The van der Waals surface area contributed by atoms with Gasteiger partial charge in [0.15, 0.2) is 0 Å². The predicted molar refractivity (Wildman–Crippen MR) is 131 cm³/mol. The highest BCUT2D eigenvalue weighted by Gasteiger charge is 2.43. The molecule has 0 unspecified atom stereocenters. The zero-order valence-corrected chi connectivity index (χ0v) is 19.8. The van der Waals surface area contributed by atoms with E-state index in [1.165, 1.54) is 11.1 Å². The molecule has 2 atom stereocenters. The quantitative estimate of drug-likeness (QED) is 0.547. The minimum Gasteiger partial charge on any atom is -0.481 e. The molecule has 0 bridgehead atoms. The van der Waals surface area contributed by atoms with Gasteiger partial charge in [-0.3, -0.25) is 9.59 Å². The topological polar surface area (TPSA) is 105 Å². The molecule has 35 heavy (non-hydrogen) atoms. The van der Waals surface area contributed by atoms with Gasteiger partial charge >= 0.3 is 12.1 Å². The number of ether oxygens (including phenoxy) is 1. The Balaban J connectivity index is 1.18. The van der Waals surface area contributed by atoms with Gasteiger partial charge in [0, 0.05) is 18.5 Å². The second-order valence-corrected chi connectivity index (χ2v) is 10.2. The monoisotopic (exact) mass is 476 g/mol.